The van der Waals surface area contributed by atoms with Gasteiger partial charge in [-0.05, 0) is 38.0 Å². The molecule has 15 heavy (non-hydrogen) atoms. The smallest absolute Gasteiger partial charge is 0.0754 e. The van der Waals surface area contributed by atoms with Gasteiger partial charge in [0.15, 0.2) is 0 Å². The van der Waals surface area contributed by atoms with Gasteiger partial charge in [-0.3, -0.25) is 4.98 Å². The Morgan fingerprint density at radius 2 is 1.87 bits per heavy atom. The largest absolute Gasteiger partial charge is 0.385 e. The topological polar surface area (TPSA) is 24.9 Å². The quantitative estimate of drug-likeness (QED) is 0.804. The van der Waals surface area contributed by atoms with Gasteiger partial charge in [0.25, 0.3) is 0 Å². The number of fused-ring (bicyclic) bond motifs is 1. The van der Waals surface area contributed by atoms with E-state index in [1.807, 2.05) is 12.3 Å². The minimum absolute atomic E-state index is 0.937. The van der Waals surface area contributed by atoms with Gasteiger partial charge in [0.2, 0.25) is 0 Å². The predicted molar refractivity (Wildman–Crippen MR) is 65.4 cm³/mol. The maximum Gasteiger partial charge on any atom is 0.0754 e. The second-order valence-electron chi connectivity index (χ2n) is 3.81. The highest BCUT2D eigenvalue weighted by molar-refractivity contribution is 5.95. The van der Waals surface area contributed by atoms with Gasteiger partial charge >= 0.3 is 0 Å². The van der Waals surface area contributed by atoms with Crippen molar-refractivity contribution in [3.63, 3.8) is 0 Å². The Labute approximate surface area is 90.3 Å². The molecule has 0 unspecified atom stereocenters. The van der Waals surface area contributed by atoms with Crippen molar-refractivity contribution in [2.75, 3.05) is 11.9 Å². The summed E-state index contributed by atoms with van der Waals surface area (Å²) in [5.74, 6) is 0. The molecule has 0 atom stereocenters. The Kier molecular flexibility index (Phi) is 2.58. The number of pyridine rings is 1. The van der Waals surface area contributed by atoms with Crippen LogP contribution in [0, 0.1) is 13.8 Å². The second kappa shape index (κ2) is 3.89. The lowest BCUT2D eigenvalue weighted by molar-refractivity contribution is 1.21. The summed E-state index contributed by atoms with van der Waals surface area (Å²) in [4.78, 5) is 4.44. The molecule has 0 spiro atoms. The number of nitrogens with one attached hydrogen (secondary N) is 1. The lowest BCUT2D eigenvalue weighted by Crippen LogP contribution is -1.99. The number of aryl methyl sites for hydroxylation is 2. The number of nitrogens with zero attached hydrogens (tertiary/aromatic N) is 1. The average Bonchev–Trinajstić information content (AvgIpc) is 2.24. The van der Waals surface area contributed by atoms with E-state index in [0.29, 0.717) is 0 Å². The number of anilines is 1. The van der Waals surface area contributed by atoms with Crippen LogP contribution in [0.25, 0.3) is 10.9 Å². The Bertz CT molecular complexity index is 489. The minimum Gasteiger partial charge on any atom is -0.385 e. The van der Waals surface area contributed by atoms with Gasteiger partial charge in [-0.2, -0.15) is 0 Å². The molecule has 0 aliphatic heterocycles. The van der Waals surface area contributed by atoms with Crippen LogP contribution in [0.3, 0.4) is 0 Å². The lowest BCUT2D eigenvalue weighted by atomic mass is 10.0. The maximum atomic E-state index is 4.44. The predicted octanol–water partition coefficient (Wildman–Crippen LogP) is 3.28. The highest BCUT2D eigenvalue weighted by Crippen LogP contribution is 2.27. The van der Waals surface area contributed by atoms with Crippen LogP contribution >= 0.6 is 0 Å². The fourth-order valence-corrected chi connectivity index (χ4v) is 1.91. The normalized spacial score (nSPS) is 10.6. The molecule has 1 aromatic heterocycles. The number of hydrogen-bond acceptors (Lipinski definition) is 2. The molecule has 0 bridgehead atoms. The first-order valence-corrected chi connectivity index (χ1v) is 5.33. The van der Waals surface area contributed by atoms with Crippen molar-refractivity contribution in [1.82, 2.24) is 4.98 Å². The van der Waals surface area contributed by atoms with E-state index in [0.717, 1.165) is 12.1 Å². The summed E-state index contributed by atoms with van der Waals surface area (Å²) >= 11 is 0. The molecule has 2 nitrogen and oxygen atoms in total. The van der Waals surface area contributed by atoms with Crippen LogP contribution in [-0.4, -0.2) is 11.5 Å². The van der Waals surface area contributed by atoms with Gasteiger partial charge < -0.3 is 5.32 Å². The number of benzene rings is 1. The molecule has 0 aliphatic carbocycles. The first-order chi connectivity index (χ1) is 7.24. The van der Waals surface area contributed by atoms with E-state index in [9.17, 15) is 0 Å². The van der Waals surface area contributed by atoms with Crippen LogP contribution in [0.2, 0.25) is 0 Å². The molecule has 2 heteroatoms. The molecule has 1 heterocycles. The zero-order valence-electron chi connectivity index (χ0n) is 9.46. The van der Waals surface area contributed by atoms with Gasteiger partial charge in [-0.15, -0.1) is 0 Å². The third kappa shape index (κ3) is 1.67. The van der Waals surface area contributed by atoms with Crippen molar-refractivity contribution >= 4 is 16.6 Å². The lowest BCUT2D eigenvalue weighted by Gasteiger charge is -2.11. The molecule has 0 amide bonds. The molecule has 0 saturated heterocycles. The van der Waals surface area contributed by atoms with Crippen molar-refractivity contribution in [2.45, 2.75) is 20.8 Å². The maximum absolute atomic E-state index is 4.44. The van der Waals surface area contributed by atoms with Gasteiger partial charge in [-0.1, -0.05) is 12.1 Å². The molecule has 1 N–H and O–H groups in total. The zero-order chi connectivity index (χ0) is 10.8. The van der Waals surface area contributed by atoms with Gasteiger partial charge in [0.1, 0.15) is 0 Å². The molecule has 2 aromatic rings. The SMILES string of the molecule is CCNc1ccnc2c(C)ccc(C)c12. The van der Waals surface area contributed by atoms with Crippen molar-refractivity contribution in [3.05, 3.63) is 35.5 Å². The number of rotatable bonds is 2. The Hall–Kier alpha value is -1.57. The standard InChI is InChI=1S/C13H16N2/c1-4-14-11-7-8-15-13-10(3)6-5-9(2)12(11)13/h5-8H,4H2,1-3H3,(H,14,15). The summed E-state index contributed by atoms with van der Waals surface area (Å²) in [5.41, 5.74) is 4.80. The van der Waals surface area contributed by atoms with E-state index in [2.05, 4.69) is 43.2 Å². The van der Waals surface area contributed by atoms with E-state index in [1.54, 1.807) is 0 Å². The van der Waals surface area contributed by atoms with Crippen LogP contribution < -0.4 is 5.32 Å². The Morgan fingerprint density at radius 1 is 1.13 bits per heavy atom. The summed E-state index contributed by atoms with van der Waals surface area (Å²) in [6.07, 6.45) is 1.87. The zero-order valence-corrected chi connectivity index (χ0v) is 9.46. The van der Waals surface area contributed by atoms with Crippen molar-refractivity contribution in [2.24, 2.45) is 0 Å². The molecule has 0 aliphatic rings. The third-order valence-electron chi connectivity index (χ3n) is 2.67. The highest BCUT2D eigenvalue weighted by atomic mass is 14.9. The van der Waals surface area contributed by atoms with Gasteiger partial charge in [0, 0.05) is 23.8 Å². The van der Waals surface area contributed by atoms with E-state index >= 15 is 0 Å². The van der Waals surface area contributed by atoms with Crippen LogP contribution in [0.5, 0.6) is 0 Å². The molecular weight excluding hydrogens is 184 g/mol. The van der Waals surface area contributed by atoms with Crippen LogP contribution in [0.1, 0.15) is 18.1 Å². The minimum atomic E-state index is 0.937. The van der Waals surface area contributed by atoms with E-state index < -0.39 is 0 Å². The van der Waals surface area contributed by atoms with Crippen molar-refractivity contribution in [3.8, 4) is 0 Å². The Morgan fingerprint density at radius 3 is 2.60 bits per heavy atom. The Balaban J connectivity index is 2.78. The summed E-state index contributed by atoms with van der Waals surface area (Å²) in [6.45, 7) is 7.28. The van der Waals surface area contributed by atoms with Gasteiger partial charge in [-0.25, -0.2) is 0 Å². The number of hydrogen-bond donors (Lipinski definition) is 1. The second-order valence-corrected chi connectivity index (χ2v) is 3.81. The fraction of sp³-hybridized carbons (Fsp3) is 0.308. The van der Waals surface area contributed by atoms with Crippen LogP contribution in [0.4, 0.5) is 5.69 Å². The van der Waals surface area contributed by atoms with E-state index in [1.165, 1.54) is 22.2 Å². The summed E-state index contributed by atoms with van der Waals surface area (Å²) < 4.78 is 0. The summed E-state index contributed by atoms with van der Waals surface area (Å²) in [6, 6.07) is 6.32. The van der Waals surface area contributed by atoms with Gasteiger partial charge in [0.05, 0.1) is 5.52 Å². The molecule has 0 radical (unpaired) electrons. The molecule has 78 valence electrons. The number of aromatic nitrogens is 1. The highest BCUT2D eigenvalue weighted by Gasteiger charge is 2.05. The third-order valence-corrected chi connectivity index (χ3v) is 2.67. The van der Waals surface area contributed by atoms with E-state index in [-0.39, 0.29) is 0 Å². The van der Waals surface area contributed by atoms with Crippen LogP contribution in [0.15, 0.2) is 24.4 Å². The summed E-state index contributed by atoms with van der Waals surface area (Å²) in [5, 5.41) is 4.63. The molecule has 1 aromatic carbocycles. The van der Waals surface area contributed by atoms with Crippen molar-refractivity contribution in [1.29, 1.82) is 0 Å². The van der Waals surface area contributed by atoms with E-state index in [4.69, 9.17) is 0 Å². The monoisotopic (exact) mass is 200 g/mol. The molecule has 0 saturated carbocycles. The summed E-state index contributed by atoms with van der Waals surface area (Å²) in [7, 11) is 0. The molecule has 0 fully saturated rings. The van der Waals surface area contributed by atoms with Crippen LogP contribution in [-0.2, 0) is 0 Å². The first-order valence-electron chi connectivity index (χ1n) is 5.33. The molecular formula is C13H16N2. The molecule has 2 rings (SSSR count). The first kappa shape index (κ1) is 9.97. The van der Waals surface area contributed by atoms with Crippen molar-refractivity contribution < 1.29 is 0 Å². The average molecular weight is 200 g/mol. The fourth-order valence-electron chi connectivity index (χ4n) is 1.91.